The largest absolute Gasteiger partial charge is 0.481 e. The van der Waals surface area contributed by atoms with Crippen LogP contribution >= 0.6 is 0 Å². The molecule has 0 radical (unpaired) electrons. The summed E-state index contributed by atoms with van der Waals surface area (Å²) in [6.07, 6.45) is 14.4. The van der Waals surface area contributed by atoms with E-state index in [0.717, 1.165) is 32.1 Å². The maximum atomic E-state index is 11.5. The van der Waals surface area contributed by atoms with Crippen LogP contribution in [0.3, 0.4) is 0 Å². The van der Waals surface area contributed by atoms with E-state index in [1.54, 1.807) is 12.2 Å². The molecule has 1 saturated carbocycles. The fourth-order valence-electron chi connectivity index (χ4n) is 3.47. The van der Waals surface area contributed by atoms with E-state index >= 15 is 0 Å². The molecule has 1 fully saturated rings. The monoisotopic (exact) mass is 338 g/mol. The molecule has 0 aromatic carbocycles. The van der Waals surface area contributed by atoms with Gasteiger partial charge in [-0.05, 0) is 38.0 Å². The van der Waals surface area contributed by atoms with Gasteiger partial charge in [-0.15, -0.1) is 0 Å². The summed E-state index contributed by atoms with van der Waals surface area (Å²) in [6.45, 7) is 2.14. The van der Waals surface area contributed by atoms with Gasteiger partial charge < -0.3 is 15.3 Å². The quantitative estimate of drug-likeness (QED) is 0.370. The maximum absolute atomic E-state index is 11.5. The molecule has 0 aromatic rings. The Kier molecular flexibility index (Phi) is 10.7. The fraction of sp³-hybridized carbons (Fsp3) is 0.750. The number of aliphatic hydroxyl groups excluding tert-OH is 2. The van der Waals surface area contributed by atoms with Crippen molar-refractivity contribution >= 4 is 5.97 Å². The SMILES string of the molecule is CCCCCC(O)/C=C\[C@H](CC/C(=C/CO)C1CCCC1)C(=O)O. The zero-order valence-electron chi connectivity index (χ0n) is 15.0. The summed E-state index contributed by atoms with van der Waals surface area (Å²) in [5.74, 6) is -0.911. The normalized spacial score (nSPS) is 19.0. The standard InChI is InChI=1S/C20H34O4/c1-2-3-4-9-19(22)13-12-18(20(23)24)11-10-17(14-15-21)16-7-5-6-8-16/h12-14,16,18-19,21-22H,2-11,15H2,1H3,(H,23,24)/b13-12-,17-14-/t18-,19?/m0/s1. The van der Waals surface area contributed by atoms with Crippen molar-refractivity contribution in [3.8, 4) is 0 Å². The van der Waals surface area contributed by atoms with Gasteiger partial charge in [0.15, 0.2) is 0 Å². The van der Waals surface area contributed by atoms with E-state index in [0.29, 0.717) is 25.2 Å². The number of rotatable bonds is 12. The smallest absolute Gasteiger partial charge is 0.310 e. The minimum atomic E-state index is -0.846. The molecule has 2 atom stereocenters. The van der Waals surface area contributed by atoms with E-state index in [1.807, 2.05) is 6.08 Å². The van der Waals surface area contributed by atoms with Crippen LogP contribution < -0.4 is 0 Å². The average molecular weight is 338 g/mol. The highest BCUT2D eigenvalue weighted by Crippen LogP contribution is 2.34. The van der Waals surface area contributed by atoms with Gasteiger partial charge in [-0.3, -0.25) is 4.79 Å². The molecule has 0 saturated heterocycles. The van der Waals surface area contributed by atoms with Gasteiger partial charge in [0.1, 0.15) is 0 Å². The lowest BCUT2D eigenvalue weighted by Gasteiger charge is -2.16. The van der Waals surface area contributed by atoms with Crippen molar-refractivity contribution in [1.82, 2.24) is 0 Å². The highest BCUT2D eigenvalue weighted by atomic mass is 16.4. The van der Waals surface area contributed by atoms with Crippen LogP contribution in [0.4, 0.5) is 0 Å². The van der Waals surface area contributed by atoms with Crippen molar-refractivity contribution in [3.05, 3.63) is 23.8 Å². The Hall–Kier alpha value is -1.13. The van der Waals surface area contributed by atoms with Crippen molar-refractivity contribution in [2.45, 2.75) is 77.2 Å². The van der Waals surface area contributed by atoms with Crippen LogP contribution in [0.5, 0.6) is 0 Å². The summed E-state index contributed by atoms with van der Waals surface area (Å²) in [5, 5.41) is 28.5. The van der Waals surface area contributed by atoms with E-state index in [9.17, 15) is 20.1 Å². The van der Waals surface area contributed by atoms with Crippen molar-refractivity contribution in [2.24, 2.45) is 11.8 Å². The number of hydrogen-bond donors (Lipinski definition) is 3. The van der Waals surface area contributed by atoms with Gasteiger partial charge in [0, 0.05) is 0 Å². The lowest BCUT2D eigenvalue weighted by molar-refractivity contribution is -0.140. The molecule has 1 aliphatic rings. The average Bonchev–Trinajstić information content (AvgIpc) is 3.08. The molecule has 0 aliphatic heterocycles. The topological polar surface area (TPSA) is 77.8 Å². The molecule has 0 amide bonds. The van der Waals surface area contributed by atoms with Crippen LogP contribution in [0.1, 0.15) is 71.1 Å². The van der Waals surface area contributed by atoms with Crippen LogP contribution in [0.15, 0.2) is 23.8 Å². The Bertz CT molecular complexity index is 408. The molecule has 0 aromatic heterocycles. The Labute approximate surface area is 146 Å². The minimum absolute atomic E-state index is 0.0234. The van der Waals surface area contributed by atoms with Crippen molar-refractivity contribution in [3.63, 3.8) is 0 Å². The lowest BCUT2D eigenvalue weighted by Crippen LogP contribution is -2.14. The molecule has 138 valence electrons. The summed E-state index contributed by atoms with van der Waals surface area (Å²) in [7, 11) is 0. The summed E-state index contributed by atoms with van der Waals surface area (Å²) in [4.78, 5) is 11.5. The molecular weight excluding hydrogens is 304 g/mol. The summed E-state index contributed by atoms with van der Waals surface area (Å²) in [5.41, 5.74) is 1.21. The number of aliphatic hydroxyl groups is 2. The Morgan fingerprint density at radius 1 is 1.17 bits per heavy atom. The number of carboxylic acid groups (broad SMARTS) is 1. The van der Waals surface area contributed by atoms with E-state index in [-0.39, 0.29) is 6.61 Å². The third kappa shape index (κ3) is 8.11. The molecular formula is C20H34O4. The molecule has 1 aliphatic carbocycles. The molecule has 0 heterocycles. The zero-order valence-corrected chi connectivity index (χ0v) is 15.0. The van der Waals surface area contributed by atoms with E-state index in [2.05, 4.69) is 6.92 Å². The lowest BCUT2D eigenvalue weighted by atomic mass is 9.89. The summed E-state index contributed by atoms with van der Waals surface area (Å²) < 4.78 is 0. The van der Waals surface area contributed by atoms with Gasteiger partial charge in [-0.25, -0.2) is 0 Å². The van der Waals surface area contributed by atoms with Crippen molar-refractivity contribution in [1.29, 1.82) is 0 Å². The number of aliphatic carboxylic acids is 1. The van der Waals surface area contributed by atoms with Gasteiger partial charge >= 0.3 is 5.97 Å². The second kappa shape index (κ2) is 12.3. The van der Waals surface area contributed by atoms with Crippen LogP contribution in [0.25, 0.3) is 0 Å². The van der Waals surface area contributed by atoms with Gasteiger partial charge in [0.25, 0.3) is 0 Å². The van der Waals surface area contributed by atoms with E-state index in [1.165, 1.54) is 18.4 Å². The molecule has 1 unspecified atom stereocenters. The number of carbonyl (C=O) groups is 1. The second-order valence-corrected chi connectivity index (χ2v) is 6.87. The molecule has 4 nitrogen and oxygen atoms in total. The summed E-state index contributed by atoms with van der Waals surface area (Å²) in [6, 6.07) is 0. The van der Waals surface area contributed by atoms with E-state index < -0.39 is 18.0 Å². The van der Waals surface area contributed by atoms with Crippen molar-refractivity contribution in [2.75, 3.05) is 6.61 Å². The highest BCUT2D eigenvalue weighted by Gasteiger charge is 2.21. The fourth-order valence-corrected chi connectivity index (χ4v) is 3.47. The molecule has 24 heavy (non-hydrogen) atoms. The maximum Gasteiger partial charge on any atom is 0.310 e. The number of hydrogen-bond acceptors (Lipinski definition) is 3. The van der Waals surface area contributed by atoms with Crippen molar-refractivity contribution < 1.29 is 20.1 Å². The van der Waals surface area contributed by atoms with Gasteiger partial charge in [-0.1, -0.05) is 62.8 Å². The first-order valence-electron chi connectivity index (χ1n) is 9.47. The number of carboxylic acids is 1. The minimum Gasteiger partial charge on any atom is -0.481 e. The molecule has 1 rings (SSSR count). The Morgan fingerprint density at radius 3 is 2.46 bits per heavy atom. The second-order valence-electron chi connectivity index (χ2n) is 6.87. The van der Waals surface area contributed by atoms with Gasteiger partial charge in [0.2, 0.25) is 0 Å². The first kappa shape index (κ1) is 20.9. The third-order valence-corrected chi connectivity index (χ3v) is 4.96. The molecule has 0 spiro atoms. The molecule has 4 heteroatoms. The number of unbranched alkanes of at least 4 members (excludes halogenated alkanes) is 2. The Balaban J connectivity index is 2.52. The highest BCUT2D eigenvalue weighted by molar-refractivity contribution is 5.72. The predicted octanol–water partition coefficient (Wildman–Crippen LogP) is 4.07. The van der Waals surface area contributed by atoms with Crippen LogP contribution in [0.2, 0.25) is 0 Å². The Morgan fingerprint density at radius 2 is 1.88 bits per heavy atom. The number of allylic oxidation sites excluding steroid dienone is 1. The molecule has 3 N–H and O–H groups in total. The van der Waals surface area contributed by atoms with Gasteiger partial charge in [-0.2, -0.15) is 0 Å². The first-order chi connectivity index (χ1) is 11.6. The third-order valence-electron chi connectivity index (χ3n) is 4.96. The van der Waals surface area contributed by atoms with E-state index in [4.69, 9.17) is 0 Å². The van der Waals surface area contributed by atoms with Gasteiger partial charge in [0.05, 0.1) is 18.6 Å². The summed E-state index contributed by atoms with van der Waals surface area (Å²) >= 11 is 0. The van der Waals surface area contributed by atoms with Crippen LogP contribution in [-0.4, -0.2) is 34.0 Å². The predicted molar refractivity (Wildman–Crippen MR) is 96.8 cm³/mol. The molecule has 0 bridgehead atoms. The zero-order chi connectivity index (χ0) is 17.8. The first-order valence-corrected chi connectivity index (χ1v) is 9.47. The van der Waals surface area contributed by atoms with Crippen LogP contribution in [-0.2, 0) is 4.79 Å². The van der Waals surface area contributed by atoms with Crippen LogP contribution in [0, 0.1) is 11.8 Å².